The number of amides is 1. The maximum absolute atomic E-state index is 12.4. The molecule has 0 atom stereocenters. The van der Waals surface area contributed by atoms with Gasteiger partial charge in [-0.2, -0.15) is 0 Å². The Labute approximate surface area is 129 Å². The summed E-state index contributed by atoms with van der Waals surface area (Å²) < 4.78 is 5.13. The Morgan fingerprint density at radius 1 is 1.33 bits per heavy atom. The van der Waals surface area contributed by atoms with Crippen LogP contribution in [0.5, 0.6) is 0 Å². The lowest BCUT2D eigenvalue weighted by Crippen LogP contribution is -2.14. The Balaban J connectivity index is 2.24. The van der Waals surface area contributed by atoms with Gasteiger partial charge < -0.3 is 10.1 Å². The summed E-state index contributed by atoms with van der Waals surface area (Å²) >= 11 is 5.95. The number of ether oxygens (including phenoxy) is 1. The standard InChI is InChI=1S/C16H17ClN2O2/c1-3-13-8-12(9-15(17)18-13)16(20)19-14-7-5-4-6-11(14)10-21-2/h4-9H,3,10H2,1-2H3,(H,19,20). The van der Waals surface area contributed by atoms with Crippen LogP contribution in [0.25, 0.3) is 0 Å². The Morgan fingerprint density at radius 2 is 2.10 bits per heavy atom. The smallest absolute Gasteiger partial charge is 0.255 e. The van der Waals surface area contributed by atoms with Crippen molar-refractivity contribution in [3.63, 3.8) is 0 Å². The SMILES string of the molecule is CCc1cc(C(=O)Nc2ccccc2COC)cc(Cl)n1. The monoisotopic (exact) mass is 304 g/mol. The molecule has 0 aliphatic carbocycles. The van der Waals surface area contributed by atoms with Crippen LogP contribution in [-0.2, 0) is 17.8 Å². The van der Waals surface area contributed by atoms with Gasteiger partial charge in [-0.1, -0.05) is 36.7 Å². The van der Waals surface area contributed by atoms with E-state index in [2.05, 4.69) is 10.3 Å². The van der Waals surface area contributed by atoms with Crippen LogP contribution in [0.2, 0.25) is 5.15 Å². The number of aryl methyl sites for hydroxylation is 1. The van der Waals surface area contributed by atoms with Crippen LogP contribution in [0, 0.1) is 0 Å². The summed E-state index contributed by atoms with van der Waals surface area (Å²) in [6.07, 6.45) is 0.723. The van der Waals surface area contributed by atoms with Crippen molar-refractivity contribution in [2.75, 3.05) is 12.4 Å². The number of hydrogen-bond donors (Lipinski definition) is 1. The highest BCUT2D eigenvalue weighted by Crippen LogP contribution is 2.18. The molecule has 110 valence electrons. The number of halogens is 1. The summed E-state index contributed by atoms with van der Waals surface area (Å²) in [4.78, 5) is 16.5. The summed E-state index contributed by atoms with van der Waals surface area (Å²) in [7, 11) is 1.62. The number of aromatic nitrogens is 1. The number of hydrogen-bond acceptors (Lipinski definition) is 3. The maximum Gasteiger partial charge on any atom is 0.255 e. The molecule has 0 aliphatic rings. The molecule has 0 radical (unpaired) electrons. The van der Waals surface area contributed by atoms with Crippen molar-refractivity contribution in [3.8, 4) is 0 Å². The fourth-order valence-corrected chi connectivity index (χ4v) is 2.21. The minimum absolute atomic E-state index is 0.211. The van der Waals surface area contributed by atoms with E-state index in [1.807, 2.05) is 31.2 Å². The van der Waals surface area contributed by atoms with E-state index in [0.717, 1.165) is 23.4 Å². The Kier molecular flexibility index (Phi) is 5.31. The molecule has 1 heterocycles. The van der Waals surface area contributed by atoms with Gasteiger partial charge in [0.15, 0.2) is 0 Å². The van der Waals surface area contributed by atoms with Crippen LogP contribution in [0.1, 0.15) is 28.5 Å². The first-order chi connectivity index (χ1) is 10.1. The molecule has 0 aliphatic heterocycles. The van der Waals surface area contributed by atoms with Gasteiger partial charge in [-0.3, -0.25) is 4.79 Å². The second kappa shape index (κ2) is 7.20. The van der Waals surface area contributed by atoms with Crippen LogP contribution < -0.4 is 5.32 Å². The van der Waals surface area contributed by atoms with Crippen molar-refractivity contribution in [1.29, 1.82) is 0 Å². The third kappa shape index (κ3) is 4.03. The van der Waals surface area contributed by atoms with E-state index in [9.17, 15) is 4.79 Å². The minimum Gasteiger partial charge on any atom is -0.380 e. The van der Waals surface area contributed by atoms with Gasteiger partial charge >= 0.3 is 0 Å². The molecule has 21 heavy (non-hydrogen) atoms. The van der Waals surface area contributed by atoms with Crippen molar-refractivity contribution >= 4 is 23.2 Å². The largest absolute Gasteiger partial charge is 0.380 e. The Bertz CT molecular complexity index is 644. The lowest BCUT2D eigenvalue weighted by Gasteiger charge is -2.11. The van der Waals surface area contributed by atoms with Crippen LogP contribution in [0.4, 0.5) is 5.69 Å². The van der Waals surface area contributed by atoms with E-state index in [0.29, 0.717) is 17.3 Å². The van der Waals surface area contributed by atoms with E-state index in [4.69, 9.17) is 16.3 Å². The summed E-state index contributed by atoms with van der Waals surface area (Å²) in [6.45, 7) is 2.40. The van der Waals surface area contributed by atoms with E-state index < -0.39 is 0 Å². The second-order valence-electron chi connectivity index (χ2n) is 4.57. The number of benzene rings is 1. The van der Waals surface area contributed by atoms with Gasteiger partial charge in [0.2, 0.25) is 0 Å². The molecular formula is C16H17ClN2O2. The fourth-order valence-electron chi connectivity index (χ4n) is 1.98. The quantitative estimate of drug-likeness (QED) is 0.857. The van der Waals surface area contributed by atoms with Crippen molar-refractivity contribution in [2.45, 2.75) is 20.0 Å². The molecule has 0 saturated carbocycles. The number of pyridine rings is 1. The lowest BCUT2D eigenvalue weighted by atomic mass is 10.1. The van der Waals surface area contributed by atoms with Crippen molar-refractivity contribution < 1.29 is 9.53 Å². The first kappa shape index (κ1) is 15.5. The molecule has 1 aromatic heterocycles. The van der Waals surface area contributed by atoms with Gasteiger partial charge in [-0.05, 0) is 24.6 Å². The first-order valence-corrected chi connectivity index (χ1v) is 7.06. The molecule has 1 N–H and O–H groups in total. The summed E-state index contributed by atoms with van der Waals surface area (Å²) in [5.41, 5.74) is 2.94. The average molecular weight is 305 g/mol. The first-order valence-electron chi connectivity index (χ1n) is 6.68. The molecule has 4 nitrogen and oxygen atoms in total. The van der Waals surface area contributed by atoms with Crippen LogP contribution >= 0.6 is 11.6 Å². The Hall–Kier alpha value is -1.91. The number of carbonyl (C=O) groups is 1. The number of methoxy groups -OCH3 is 1. The molecule has 2 rings (SSSR count). The number of nitrogens with one attached hydrogen (secondary N) is 1. The zero-order valence-corrected chi connectivity index (χ0v) is 12.8. The zero-order chi connectivity index (χ0) is 15.2. The second-order valence-corrected chi connectivity index (χ2v) is 4.95. The van der Waals surface area contributed by atoms with E-state index in [1.165, 1.54) is 0 Å². The fraction of sp³-hybridized carbons (Fsp3) is 0.250. The molecular weight excluding hydrogens is 288 g/mol. The molecule has 1 amide bonds. The Morgan fingerprint density at radius 3 is 2.81 bits per heavy atom. The van der Waals surface area contributed by atoms with E-state index in [-0.39, 0.29) is 5.91 Å². The van der Waals surface area contributed by atoms with E-state index in [1.54, 1.807) is 19.2 Å². The number of para-hydroxylation sites is 1. The zero-order valence-electron chi connectivity index (χ0n) is 12.0. The van der Waals surface area contributed by atoms with E-state index >= 15 is 0 Å². The van der Waals surface area contributed by atoms with Gasteiger partial charge in [0.25, 0.3) is 5.91 Å². The molecule has 0 fully saturated rings. The molecule has 5 heteroatoms. The summed E-state index contributed by atoms with van der Waals surface area (Å²) in [6, 6.07) is 10.8. The average Bonchev–Trinajstić information content (AvgIpc) is 2.48. The molecule has 0 saturated heterocycles. The van der Waals surface area contributed by atoms with Crippen molar-refractivity contribution in [2.24, 2.45) is 0 Å². The van der Waals surface area contributed by atoms with Gasteiger partial charge in [0.05, 0.1) is 6.61 Å². The topological polar surface area (TPSA) is 51.2 Å². The minimum atomic E-state index is -0.211. The van der Waals surface area contributed by atoms with Gasteiger partial charge in [-0.15, -0.1) is 0 Å². The molecule has 1 aromatic carbocycles. The predicted octanol–water partition coefficient (Wildman–Crippen LogP) is 3.70. The maximum atomic E-state index is 12.4. The third-order valence-electron chi connectivity index (χ3n) is 3.04. The number of carbonyl (C=O) groups excluding carboxylic acids is 1. The molecule has 0 unspecified atom stereocenters. The highest BCUT2D eigenvalue weighted by Gasteiger charge is 2.11. The number of anilines is 1. The third-order valence-corrected chi connectivity index (χ3v) is 3.23. The van der Waals surface area contributed by atoms with Crippen molar-refractivity contribution in [1.82, 2.24) is 4.98 Å². The van der Waals surface area contributed by atoms with Gasteiger partial charge in [-0.25, -0.2) is 4.98 Å². The molecule has 0 bridgehead atoms. The number of nitrogens with zero attached hydrogens (tertiary/aromatic N) is 1. The summed E-state index contributed by atoms with van der Waals surface area (Å²) in [5, 5.41) is 3.21. The molecule has 2 aromatic rings. The highest BCUT2D eigenvalue weighted by molar-refractivity contribution is 6.29. The molecule has 0 spiro atoms. The number of rotatable bonds is 5. The normalized spacial score (nSPS) is 10.4. The summed E-state index contributed by atoms with van der Waals surface area (Å²) in [5.74, 6) is -0.211. The van der Waals surface area contributed by atoms with Crippen LogP contribution in [0.15, 0.2) is 36.4 Å². The van der Waals surface area contributed by atoms with Gasteiger partial charge in [0, 0.05) is 29.6 Å². The van der Waals surface area contributed by atoms with Crippen LogP contribution in [0.3, 0.4) is 0 Å². The predicted molar refractivity (Wildman–Crippen MR) is 83.7 cm³/mol. The highest BCUT2D eigenvalue weighted by atomic mass is 35.5. The van der Waals surface area contributed by atoms with Crippen LogP contribution in [-0.4, -0.2) is 18.0 Å². The van der Waals surface area contributed by atoms with Gasteiger partial charge in [0.1, 0.15) is 5.15 Å². The van der Waals surface area contributed by atoms with Crippen molar-refractivity contribution in [3.05, 3.63) is 58.4 Å². The lowest BCUT2D eigenvalue weighted by molar-refractivity contribution is 0.102.